The van der Waals surface area contributed by atoms with Gasteiger partial charge in [0.05, 0.1) is 4.92 Å². The zero-order valence-corrected chi connectivity index (χ0v) is 10.2. The van der Waals surface area contributed by atoms with Crippen LogP contribution in [0.2, 0.25) is 0 Å². The van der Waals surface area contributed by atoms with Crippen LogP contribution in [-0.2, 0) is 0 Å². The minimum Gasteiger partial charge on any atom is -0.436 e. The summed E-state index contributed by atoms with van der Waals surface area (Å²) in [7, 11) is 0. The molecule has 2 aromatic carbocycles. The lowest BCUT2D eigenvalue weighted by molar-refractivity contribution is -0.384. The fourth-order valence-electron chi connectivity index (χ4n) is 1.88. The maximum atomic E-state index is 10.6. The number of nitro benzene ring substituents is 1. The molecule has 19 heavy (non-hydrogen) atoms. The van der Waals surface area contributed by atoms with Gasteiger partial charge in [-0.25, -0.2) is 4.98 Å². The number of benzene rings is 2. The van der Waals surface area contributed by atoms with Crippen molar-refractivity contribution in [2.24, 2.45) is 0 Å². The number of aryl methyl sites for hydroxylation is 1. The van der Waals surface area contributed by atoms with Crippen LogP contribution in [0.4, 0.5) is 5.69 Å². The SMILES string of the molecule is Cc1ccc2nc(-c3ccc([N+](=O)[O-])cc3)oc2c1. The summed E-state index contributed by atoms with van der Waals surface area (Å²) >= 11 is 0. The van der Waals surface area contributed by atoms with Gasteiger partial charge in [0.2, 0.25) is 5.89 Å². The largest absolute Gasteiger partial charge is 0.436 e. The first-order chi connectivity index (χ1) is 9.13. The Morgan fingerprint density at radius 3 is 2.58 bits per heavy atom. The molecule has 0 unspecified atom stereocenters. The Labute approximate surface area is 108 Å². The molecule has 0 aliphatic rings. The maximum absolute atomic E-state index is 10.6. The highest BCUT2D eigenvalue weighted by atomic mass is 16.6. The second-order valence-corrected chi connectivity index (χ2v) is 4.29. The molecule has 0 aliphatic heterocycles. The minimum atomic E-state index is -0.431. The van der Waals surface area contributed by atoms with Crippen LogP contribution >= 0.6 is 0 Å². The third-order valence-corrected chi connectivity index (χ3v) is 2.87. The minimum absolute atomic E-state index is 0.0516. The fourth-order valence-corrected chi connectivity index (χ4v) is 1.88. The molecule has 0 fully saturated rings. The number of rotatable bonds is 2. The Bertz CT molecular complexity index is 760. The molecule has 0 aliphatic carbocycles. The molecule has 3 aromatic rings. The third kappa shape index (κ3) is 2.06. The fraction of sp³-hybridized carbons (Fsp3) is 0.0714. The number of hydrogen-bond donors (Lipinski definition) is 0. The summed E-state index contributed by atoms with van der Waals surface area (Å²) in [5.41, 5.74) is 3.36. The maximum Gasteiger partial charge on any atom is 0.269 e. The molecule has 0 saturated carbocycles. The van der Waals surface area contributed by atoms with E-state index in [1.165, 1.54) is 12.1 Å². The van der Waals surface area contributed by atoms with Crippen LogP contribution in [0, 0.1) is 17.0 Å². The average Bonchev–Trinajstić information content (AvgIpc) is 2.81. The van der Waals surface area contributed by atoms with E-state index < -0.39 is 4.92 Å². The molecule has 0 atom stereocenters. The summed E-state index contributed by atoms with van der Waals surface area (Å²) in [4.78, 5) is 14.5. The molecule has 5 nitrogen and oxygen atoms in total. The van der Waals surface area contributed by atoms with Crippen molar-refractivity contribution < 1.29 is 9.34 Å². The molecular formula is C14H10N2O3. The quantitative estimate of drug-likeness (QED) is 0.516. The van der Waals surface area contributed by atoms with E-state index in [9.17, 15) is 10.1 Å². The van der Waals surface area contributed by atoms with Gasteiger partial charge in [0, 0.05) is 17.7 Å². The molecule has 1 heterocycles. The Hall–Kier alpha value is -2.69. The van der Waals surface area contributed by atoms with E-state index in [0.29, 0.717) is 11.5 Å². The highest BCUT2D eigenvalue weighted by Gasteiger charge is 2.10. The monoisotopic (exact) mass is 254 g/mol. The highest BCUT2D eigenvalue weighted by molar-refractivity contribution is 5.76. The summed E-state index contributed by atoms with van der Waals surface area (Å²) in [6.07, 6.45) is 0. The Morgan fingerprint density at radius 1 is 1.16 bits per heavy atom. The van der Waals surface area contributed by atoms with Crippen LogP contribution in [0.25, 0.3) is 22.6 Å². The number of hydrogen-bond acceptors (Lipinski definition) is 4. The first-order valence-electron chi connectivity index (χ1n) is 5.75. The molecule has 0 saturated heterocycles. The molecule has 0 bridgehead atoms. The van der Waals surface area contributed by atoms with Gasteiger partial charge in [0.15, 0.2) is 5.58 Å². The van der Waals surface area contributed by atoms with Gasteiger partial charge in [-0.2, -0.15) is 0 Å². The topological polar surface area (TPSA) is 69.2 Å². The van der Waals surface area contributed by atoms with Crippen molar-refractivity contribution in [1.82, 2.24) is 4.98 Å². The van der Waals surface area contributed by atoms with Crippen molar-refractivity contribution in [1.29, 1.82) is 0 Å². The van der Waals surface area contributed by atoms with Crippen molar-refractivity contribution >= 4 is 16.8 Å². The van der Waals surface area contributed by atoms with E-state index in [4.69, 9.17) is 4.42 Å². The van der Waals surface area contributed by atoms with Crippen molar-refractivity contribution in [2.75, 3.05) is 0 Å². The van der Waals surface area contributed by atoms with E-state index in [0.717, 1.165) is 16.6 Å². The lowest BCUT2D eigenvalue weighted by Gasteiger charge is -1.94. The molecule has 0 amide bonds. The van der Waals surface area contributed by atoms with E-state index in [2.05, 4.69) is 4.98 Å². The van der Waals surface area contributed by atoms with Gasteiger partial charge < -0.3 is 4.42 Å². The second kappa shape index (κ2) is 4.20. The van der Waals surface area contributed by atoms with Crippen molar-refractivity contribution in [2.45, 2.75) is 6.92 Å². The number of nitro groups is 1. The van der Waals surface area contributed by atoms with Crippen LogP contribution in [0.3, 0.4) is 0 Å². The van der Waals surface area contributed by atoms with Crippen LogP contribution in [-0.4, -0.2) is 9.91 Å². The van der Waals surface area contributed by atoms with Crippen LogP contribution in [0.1, 0.15) is 5.56 Å². The first-order valence-corrected chi connectivity index (χ1v) is 5.75. The summed E-state index contributed by atoms with van der Waals surface area (Å²) in [5, 5.41) is 10.6. The molecule has 1 aromatic heterocycles. The van der Waals surface area contributed by atoms with Crippen molar-refractivity contribution in [3.63, 3.8) is 0 Å². The van der Waals surface area contributed by atoms with Crippen molar-refractivity contribution in [3.8, 4) is 11.5 Å². The number of nitrogens with zero attached hydrogens (tertiary/aromatic N) is 2. The molecule has 5 heteroatoms. The average molecular weight is 254 g/mol. The second-order valence-electron chi connectivity index (χ2n) is 4.29. The number of non-ortho nitro benzene ring substituents is 1. The van der Waals surface area contributed by atoms with E-state index >= 15 is 0 Å². The molecule has 0 spiro atoms. The predicted molar refractivity (Wildman–Crippen MR) is 70.8 cm³/mol. The predicted octanol–water partition coefficient (Wildman–Crippen LogP) is 3.71. The van der Waals surface area contributed by atoms with Crippen LogP contribution < -0.4 is 0 Å². The van der Waals surface area contributed by atoms with E-state index in [1.54, 1.807) is 12.1 Å². The molecule has 0 N–H and O–H groups in total. The molecule has 0 radical (unpaired) electrons. The highest BCUT2D eigenvalue weighted by Crippen LogP contribution is 2.26. The molecule has 94 valence electrons. The lowest BCUT2D eigenvalue weighted by Crippen LogP contribution is -1.87. The van der Waals surface area contributed by atoms with E-state index in [1.807, 2.05) is 25.1 Å². The van der Waals surface area contributed by atoms with E-state index in [-0.39, 0.29) is 5.69 Å². The standard InChI is InChI=1S/C14H10N2O3/c1-9-2-7-12-13(8-9)19-14(15-12)10-3-5-11(6-4-10)16(17)18/h2-8H,1H3. The van der Waals surface area contributed by atoms with Gasteiger partial charge in [0.1, 0.15) is 5.52 Å². The lowest BCUT2D eigenvalue weighted by atomic mass is 10.2. The van der Waals surface area contributed by atoms with Gasteiger partial charge in [-0.3, -0.25) is 10.1 Å². The summed E-state index contributed by atoms with van der Waals surface area (Å²) in [6, 6.07) is 11.9. The Morgan fingerprint density at radius 2 is 1.89 bits per heavy atom. The number of aromatic nitrogens is 1. The number of oxazole rings is 1. The Balaban J connectivity index is 2.06. The van der Waals surface area contributed by atoms with Crippen molar-refractivity contribution in [3.05, 3.63) is 58.1 Å². The Kier molecular flexibility index (Phi) is 2.52. The van der Waals surface area contributed by atoms with Gasteiger partial charge >= 0.3 is 0 Å². The zero-order valence-electron chi connectivity index (χ0n) is 10.2. The third-order valence-electron chi connectivity index (χ3n) is 2.87. The summed E-state index contributed by atoms with van der Waals surface area (Å²) < 4.78 is 5.65. The van der Waals surface area contributed by atoms with Crippen LogP contribution in [0.15, 0.2) is 46.9 Å². The van der Waals surface area contributed by atoms with Gasteiger partial charge in [-0.1, -0.05) is 6.07 Å². The van der Waals surface area contributed by atoms with Crippen LogP contribution in [0.5, 0.6) is 0 Å². The zero-order chi connectivity index (χ0) is 13.4. The summed E-state index contributed by atoms with van der Waals surface area (Å²) in [6.45, 7) is 1.98. The molecular weight excluding hydrogens is 244 g/mol. The number of fused-ring (bicyclic) bond motifs is 1. The molecule has 3 rings (SSSR count). The van der Waals surface area contributed by atoms with Gasteiger partial charge in [-0.15, -0.1) is 0 Å². The normalized spacial score (nSPS) is 10.8. The smallest absolute Gasteiger partial charge is 0.269 e. The van der Waals surface area contributed by atoms with Gasteiger partial charge in [-0.05, 0) is 36.8 Å². The summed E-state index contributed by atoms with van der Waals surface area (Å²) in [5.74, 6) is 0.468. The first kappa shape index (κ1) is 11.4. The van der Waals surface area contributed by atoms with Gasteiger partial charge in [0.25, 0.3) is 5.69 Å².